The van der Waals surface area contributed by atoms with Crippen LogP contribution in [0.4, 0.5) is 0 Å². The number of H-pyrrole nitrogens is 1. The van der Waals surface area contributed by atoms with Gasteiger partial charge in [-0.1, -0.05) is 42.5 Å². The Kier molecular flexibility index (Phi) is 7.22. The molecule has 0 radical (unpaired) electrons. The van der Waals surface area contributed by atoms with E-state index in [4.69, 9.17) is 5.73 Å². The van der Waals surface area contributed by atoms with Crippen LogP contribution in [0.2, 0.25) is 0 Å². The first-order valence-electron chi connectivity index (χ1n) is 9.74. The normalized spacial score (nSPS) is 19.9. The molecule has 1 fully saturated rings. The molecule has 1 aliphatic rings. The van der Waals surface area contributed by atoms with E-state index in [9.17, 15) is 4.79 Å². The number of imidazole rings is 1. The Labute approximate surface area is 181 Å². The van der Waals surface area contributed by atoms with Crippen molar-refractivity contribution in [1.29, 1.82) is 0 Å². The van der Waals surface area contributed by atoms with Gasteiger partial charge in [-0.2, -0.15) is 0 Å². The summed E-state index contributed by atoms with van der Waals surface area (Å²) in [6, 6.07) is 18.4. The maximum Gasteiger partial charge on any atom is 0.232 e. The fraction of sp³-hybridized carbons (Fsp3) is 0.364. The van der Waals surface area contributed by atoms with Gasteiger partial charge in [0, 0.05) is 19.0 Å². The number of nitrogens with zero attached hydrogens (tertiary/aromatic N) is 2. The molecule has 1 saturated heterocycles. The fourth-order valence-electron chi connectivity index (χ4n) is 3.92. The van der Waals surface area contributed by atoms with Crippen LogP contribution in [0.5, 0.6) is 0 Å². The number of rotatable bonds is 6. The molecule has 2 aromatic carbocycles. The number of aromatic amines is 1. The smallest absolute Gasteiger partial charge is 0.232 e. The molecule has 1 amide bonds. The standard InChI is InChI=1S/C22H26N4OS.ClH/c1-15(22-24-19-9-5-6-10-20(19)25-22)28-14-21(27)26-12-17(11-23)18(13-26)16-7-3-2-4-8-16;/h2-10,15,17-18H,11-14,23H2,1H3,(H,24,25);1H/t15?,17-,18+;/m1./s1. The molecule has 1 aliphatic heterocycles. The summed E-state index contributed by atoms with van der Waals surface area (Å²) in [4.78, 5) is 22.8. The summed E-state index contributed by atoms with van der Waals surface area (Å²) < 4.78 is 0. The lowest BCUT2D eigenvalue weighted by atomic mass is 9.89. The first-order valence-corrected chi connectivity index (χ1v) is 10.8. The maximum atomic E-state index is 12.8. The molecule has 2 heterocycles. The van der Waals surface area contributed by atoms with Gasteiger partial charge in [-0.25, -0.2) is 4.98 Å². The van der Waals surface area contributed by atoms with Crippen molar-refractivity contribution in [3.05, 3.63) is 66.0 Å². The highest BCUT2D eigenvalue weighted by atomic mass is 35.5. The van der Waals surface area contributed by atoms with Gasteiger partial charge in [-0.3, -0.25) is 4.79 Å². The minimum atomic E-state index is 0. The van der Waals surface area contributed by atoms with E-state index in [1.807, 2.05) is 35.2 Å². The third-order valence-electron chi connectivity index (χ3n) is 5.57. The van der Waals surface area contributed by atoms with E-state index in [0.29, 0.717) is 24.1 Å². The molecule has 1 aromatic heterocycles. The number of fused-ring (bicyclic) bond motifs is 1. The summed E-state index contributed by atoms with van der Waals surface area (Å²) >= 11 is 1.63. The van der Waals surface area contributed by atoms with Gasteiger partial charge in [0.2, 0.25) is 5.91 Å². The number of aromatic nitrogens is 2. The molecular weight excluding hydrogens is 404 g/mol. The third kappa shape index (κ3) is 4.77. The lowest BCUT2D eigenvalue weighted by molar-refractivity contribution is -0.127. The van der Waals surface area contributed by atoms with Crippen molar-refractivity contribution in [3.63, 3.8) is 0 Å². The number of para-hydroxylation sites is 2. The average Bonchev–Trinajstić information content (AvgIpc) is 3.36. The SMILES string of the molecule is CC(SCC(=O)N1C[C@@H](CN)[C@H](c2ccccc2)C1)c1nc2ccccc2[nH]1.Cl. The third-order valence-corrected chi connectivity index (χ3v) is 6.71. The molecule has 0 saturated carbocycles. The van der Waals surface area contributed by atoms with Crippen molar-refractivity contribution in [1.82, 2.24) is 14.9 Å². The van der Waals surface area contributed by atoms with Crippen LogP contribution in [0.1, 0.15) is 29.5 Å². The largest absolute Gasteiger partial charge is 0.341 e. The fourth-order valence-corrected chi connectivity index (χ4v) is 4.77. The summed E-state index contributed by atoms with van der Waals surface area (Å²) in [6.45, 7) is 4.19. The van der Waals surface area contributed by atoms with E-state index >= 15 is 0 Å². The Morgan fingerprint density at radius 1 is 1.21 bits per heavy atom. The average molecular weight is 431 g/mol. The first kappa shape index (κ1) is 21.7. The molecule has 5 nitrogen and oxygen atoms in total. The molecule has 3 atom stereocenters. The zero-order valence-electron chi connectivity index (χ0n) is 16.5. The van der Waals surface area contributed by atoms with Crippen LogP contribution < -0.4 is 5.73 Å². The summed E-state index contributed by atoms with van der Waals surface area (Å²) in [5.41, 5.74) is 9.28. The Morgan fingerprint density at radius 2 is 1.93 bits per heavy atom. The highest BCUT2D eigenvalue weighted by Crippen LogP contribution is 2.33. The van der Waals surface area contributed by atoms with Gasteiger partial charge in [0.1, 0.15) is 5.82 Å². The van der Waals surface area contributed by atoms with Gasteiger partial charge < -0.3 is 15.6 Å². The lowest BCUT2D eigenvalue weighted by Gasteiger charge is -2.17. The Morgan fingerprint density at radius 3 is 2.66 bits per heavy atom. The highest BCUT2D eigenvalue weighted by Gasteiger charge is 2.35. The van der Waals surface area contributed by atoms with Crippen molar-refractivity contribution in [3.8, 4) is 0 Å². The lowest BCUT2D eigenvalue weighted by Crippen LogP contribution is -2.31. The number of thioether (sulfide) groups is 1. The van der Waals surface area contributed by atoms with Gasteiger partial charge in [0.05, 0.1) is 22.0 Å². The number of carbonyl (C=O) groups is 1. The number of hydrogen-bond acceptors (Lipinski definition) is 4. The van der Waals surface area contributed by atoms with Gasteiger partial charge in [-0.05, 0) is 37.1 Å². The highest BCUT2D eigenvalue weighted by molar-refractivity contribution is 8.00. The second-order valence-electron chi connectivity index (χ2n) is 7.40. The second kappa shape index (κ2) is 9.65. The molecule has 7 heteroatoms. The molecule has 29 heavy (non-hydrogen) atoms. The number of halogens is 1. The van der Waals surface area contributed by atoms with Crippen LogP contribution in [-0.2, 0) is 4.79 Å². The summed E-state index contributed by atoms with van der Waals surface area (Å²) in [7, 11) is 0. The van der Waals surface area contributed by atoms with Crippen molar-refractivity contribution in [2.24, 2.45) is 11.7 Å². The quantitative estimate of drug-likeness (QED) is 0.620. The van der Waals surface area contributed by atoms with E-state index in [1.165, 1.54) is 5.56 Å². The first-order chi connectivity index (χ1) is 13.7. The van der Waals surface area contributed by atoms with Gasteiger partial charge in [0.25, 0.3) is 0 Å². The molecular formula is C22H27ClN4OS. The van der Waals surface area contributed by atoms with Crippen LogP contribution in [0.25, 0.3) is 11.0 Å². The van der Waals surface area contributed by atoms with Crippen LogP contribution in [0.15, 0.2) is 54.6 Å². The predicted octanol–water partition coefficient (Wildman–Crippen LogP) is 3.98. The molecule has 1 unspecified atom stereocenters. The van der Waals surface area contributed by atoms with Gasteiger partial charge in [-0.15, -0.1) is 24.2 Å². The van der Waals surface area contributed by atoms with E-state index in [1.54, 1.807) is 11.8 Å². The monoisotopic (exact) mass is 430 g/mol. The van der Waals surface area contributed by atoms with Crippen LogP contribution >= 0.6 is 24.2 Å². The number of hydrogen-bond donors (Lipinski definition) is 2. The van der Waals surface area contributed by atoms with Crippen LogP contribution in [0, 0.1) is 5.92 Å². The van der Waals surface area contributed by atoms with Crippen molar-refractivity contribution in [2.75, 3.05) is 25.4 Å². The van der Waals surface area contributed by atoms with E-state index in [-0.39, 0.29) is 23.6 Å². The van der Waals surface area contributed by atoms with Crippen molar-refractivity contribution >= 4 is 41.1 Å². The summed E-state index contributed by atoms with van der Waals surface area (Å²) in [5, 5.41) is 0.133. The van der Waals surface area contributed by atoms with Crippen molar-refractivity contribution < 1.29 is 4.79 Å². The molecule has 3 N–H and O–H groups in total. The van der Waals surface area contributed by atoms with E-state index in [2.05, 4.69) is 41.2 Å². The number of likely N-dealkylation sites (tertiary alicyclic amines) is 1. The zero-order valence-corrected chi connectivity index (χ0v) is 18.1. The molecule has 4 rings (SSSR count). The molecule has 0 aliphatic carbocycles. The minimum absolute atomic E-state index is 0. The molecule has 3 aromatic rings. The Bertz CT molecular complexity index is 915. The molecule has 0 spiro atoms. The molecule has 0 bridgehead atoms. The van der Waals surface area contributed by atoms with E-state index < -0.39 is 0 Å². The Hall–Kier alpha value is -2.02. The summed E-state index contributed by atoms with van der Waals surface area (Å²) in [5.74, 6) is 2.21. The number of benzene rings is 2. The summed E-state index contributed by atoms with van der Waals surface area (Å²) in [6.07, 6.45) is 0. The topological polar surface area (TPSA) is 75.0 Å². The predicted molar refractivity (Wildman–Crippen MR) is 123 cm³/mol. The number of nitrogens with one attached hydrogen (secondary N) is 1. The van der Waals surface area contributed by atoms with Gasteiger partial charge in [0.15, 0.2) is 0 Å². The second-order valence-corrected chi connectivity index (χ2v) is 8.73. The molecule has 154 valence electrons. The Balaban J connectivity index is 0.00000240. The van der Waals surface area contributed by atoms with Crippen LogP contribution in [0.3, 0.4) is 0 Å². The maximum absolute atomic E-state index is 12.8. The van der Waals surface area contributed by atoms with Gasteiger partial charge >= 0.3 is 0 Å². The zero-order chi connectivity index (χ0) is 19.5. The van der Waals surface area contributed by atoms with Crippen molar-refractivity contribution in [2.45, 2.75) is 18.1 Å². The minimum Gasteiger partial charge on any atom is -0.341 e. The number of amides is 1. The van der Waals surface area contributed by atoms with Crippen LogP contribution in [-0.4, -0.2) is 46.2 Å². The number of nitrogens with two attached hydrogens (primary N) is 1. The number of carbonyl (C=O) groups excluding carboxylic acids is 1. The van der Waals surface area contributed by atoms with E-state index in [0.717, 1.165) is 29.9 Å².